The molecule has 0 aliphatic carbocycles. The second-order valence-electron chi connectivity index (χ2n) is 6.13. The molecule has 136 valence electrons. The van der Waals surface area contributed by atoms with Crippen molar-refractivity contribution in [2.24, 2.45) is 0 Å². The monoisotopic (exact) mass is 380 g/mol. The second-order valence-corrected chi connectivity index (χ2v) is 8.33. The van der Waals surface area contributed by atoms with Gasteiger partial charge in [-0.25, -0.2) is 0 Å². The lowest BCUT2D eigenvalue weighted by Crippen LogP contribution is -2.18. The predicted octanol–water partition coefficient (Wildman–Crippen LogP) is 3.54. The van der Waals surface area contributed by atoms with E-state index in [2.05, 4.69) is 27.0 Å². The van der Waals surface area contributed by atoms with E-state index in [0.717, 1.165) is 59.0 Å². The maximum absolute atomic E-state index is 12.5. The number of hydrogen-bond acceptors (Lipinski definition) is 7. The zero-order valence-electron chi connectivity index (χ0n) is 14.9. The quantitative estimate of drug-likeness (QED) is 0.558. The number of thioether (sulfide) groups is 1. The summed E-state index contributed by atoms with van der Waals surface area (Å²) < 4.78 is 8.56. The third-order valence-electron chi connectivity index (χ3n) is 4.43. The van der Waals surface area contributed by atoms with Gasteiger partial charge >= 0.3 is 0 Å². The number of nitrogens with zero attached hydrogens (tertiary/aromatic N) is 3. The molecule has 2 aromatic heterocycles. The van der Waals surface area contributed by atoms with Gasteiger partial charge in [0.25, 0.3) is 0 Å². The van der Waals surface area contributed by atoms with Gasteiger partial charge in [-0.3, -0.25) is 4.79 Å². The second kappa shape index (κ2) is 8.33. The van der Waals surface area contributed by atoms with Crippen LogP contribution in [-0.2, 0) is 11.3 Å². The molecule has 1 N–H and O–H groups in total. The van der Waals surface area contributed by atoms with Crippen LogP contribution in [0.4, 0.5) is 5.13 Å². The van der Waals surface area contributed by atoms with E-state index in [1.165, 1.54) is 23.1 Å². The van der Waals surface area contributed by atoms with Crippen LogP contribution in [0, 0.1) is 13.8 Å². The molecule has 8 heteroatoms. The van der Waals surface area contributed by atoms with Gasteiger partial charge in [0.1, 0.15) is 0 Å². The smallest absolute Gasteiger partial charge is 0.206 e. The van der Waals surface area contributed by atoms with Gasteiger partial charge in [-0.15, -0.1) is 10.2 Å². The van der Waals surface area contributed by atoms with Gasteiger partial charge in [-0.1, -0.05) is 23.1 Å². The Bertz CT molecular complexity index is 735. The molecule has 1 atom stereocenters. The molecule has 0 amide bonds. The number of anilines is 1. The zero-order valence-corrected chi connectivity index (χ0v) is 16.5. The number of nitrogens with one attached hydrogen (secondary N) is 1. The maximum Gasteiger partial charge on any atom is 0.206 e. The average molecular weight is 381 g/mol. The Hall–Kier alpha value is -1.38. The van der Waals surface area contributed by atoms with Gasteiger partial charge in [0.2, 0.25) is 5.13 Å². The van der Waals surface area contributed by atoms with Crippen molar-refractivity contribution in [3.8, 4) is 0 Å². The molecule has 1 saturated heterocycles. The summed E-state index contributed by atoms with van der Waals surface area (Å²) in [4.78, 5) is 12.5. The van der Waals surface area contributed by atoms with Crippen LogP contribution in [0.25, 0.3) is 0 Å². The summed E-state index contributed by atoms with van der Waals surface area (Å²) in [6, 6.07) is 1.98. The molecule has 1 aliphatic rings. The number of ketones is 1. The molecule has 0 unspecified atom stereocenters. The van der Waals surface area contributed by atoms with Crippen LogP contribution < -0.4 is 5.32 Å². The van der Waals surface area contributed by atoms with Crippen LogP contribution in [0.3, 0.4) is 0 Å². The number of ether oxygens (including phenoxy) is 1. The van der Waals surface area contributed by atoms with Crippen LogP contribution in [0.2, 0.25) is 0 Å². The Morgan fingerprint density at radius 1 is 1.48 bits per heavy atom. The molecule has 1 aliphatic heterocycles. The maximum atomic E-state index is 12.5. The molecule has 0 saturated carbocycles. The molecular weight excluding hydrogens is 356 g/mol. The largest absolute Gasteiger partial charge is 0.376 e. The normalized spacial score (nSPS) is 17.2. The molecule has 0 aromatic carbocycles. The minimum absolute atomic E-state index is 0.141. The number of aryl methyl sites for hydroxylation is 1. The molecule has 6 nitrogen and oxygen atoms in total. The first-order valence-corrected chi connectivity index (χ1v) is 10.4. The van der Waals surface area contributed by atoms with Crippen LogP contribution in [0.5, 0.6) is 0 Å². The lowest BCUT2D eigenvalue weighted by molar-refractivity contribution is 0.102. The van der Waals surface area contributed by atoms with Crippen molar-refractivity contribution in [1.82, 2.24) is 14.8 Å². The molecule has 1 fully saturated rings. The molecule has 3 rings (SSSR count). The van der Waals surface area contributed by atoms with E-state index < -0.39 is 0 Å². The fourth-order valence-electron chi connectivity index (χ4n) is 3.12. The van der Waals surface area contributed by atoms with Crippen molar-refractivity contribution in [1.29, 1.82) is 0 Å². The van der Waals surface area contributed by atoms with Crippen LogP contribution >= 0.6 is 23.1 Å². The molecule has 0 radical (unpaired) electrons. The van der Waals surface area contributed by atoms with Crippen molar-refractivity contribution in [3.05, 3.63) is 23.0 Å². The zero-order chi connectivity index (χ0) is 17.8. The third kappa shape index (κ3) is 4.43. The Morgan fingerprint density at radius 3 is 3.00 bits per heavy atom. The van der Waals surface area contributed by atoms with E-state index in [4.69, 9.17) is 4.74 Å². The molecule has 0 spiro atoms. The molecule has 3 heterocycles. The first-order chi connectivity index (χ1) is 12.1. The van der Waals surface area contributed by atoms with Crippen molar-refractivity contribution < 1.29 is 9.53 Å². The Kier molecular flexibility index (Phi) is 6.14. The van der Waals surface area contributed by atoms with Crippen molar-refractivity contribution in [3.63, 3.8) is 0 Å². The lowest BCUT2D eigenvalue weighted by atomic mass is 10.2. The summed E-state index contributed by atoms with van der Waals surface area (Å²) in [7, 11) is 0. The fraction of sp³-hybridized carbons (Fsp3) is 0.588. The van der Waals surface area contributed by atoms with Crippen molar-refractivity contribution in [2.75, 3.05) is 24.2 Å². The highest BCUT2D eigenvalue weighted by Crippen LogP contribution is 2.27. The SMILES string of the molecule is CCn1c(C)cc(C(=O)CSc2nnc(NC[C@@H]3CCCO3)s2)c1C. The number of carbonyl (C=O) groups excluding carboxylic acids is 1. The Labute approximate surface area is 156 Å². The average Bonchev–Trinajstić information content (AvgIpc) is 3.32. The van der Waals surface area contributed by atoms with Gasteiger partial charge in [-0.2, -0.15) is 0 Å². The number of rotatable bonds is 8. The highest BCUT2D eigenvalue weighted by molar-refractivity contribution is 8.01. The lowest BCUT2D eigenvalue weighted by Gasteiger charge is -2.08. The standard InChI is InChI=1S/C17H24N4O2S2/c1-4-21-11(2)8-14(12(21)3)15(22)10-24-17-20-19-16(25-17)18-9-13-6-5-7-23-13/h8,13H,4-7,9-10H2,1-3H3,(H,18,19)/t13-/m0/s1. The molecule has 0 bridgehead atoms. The summed E-state index contributed by atoms with van der Waals surface area (Å²) in [6.07, 6.45) is 2.50. The number of aromatic nitrogens is 3. The van der Waals surface area contributed by atoms with E-state index in [0.29, 0.717) is 5.75 Å². The van der Waals surface area contributed by atoms with Crippen molar-refractivity contribution in [2.45, 2.75) is 50.6 Å². The fourth-order valence-corrected chi connectivity index (χ4v) is 4.76. The Balaban J connectivity index is 1.52. The van der Waals surface area contributed by atoms with E-state index in [1.54, 1.807) is 0 Å². The van der Waals surface area contributed by atoms with Crippen LogP contribution in [0.15, 0.2) is 10.4 Å². The first kappa shape index (κ1) is 18.4. The molecule has 25 heavy (non-hydrogen) atoms. The van der Waals surface area contributed by atoms with Gasteiger partial charge in [-0.05, 0) is 39.7 Å². The van der Waals surface area contributed by atoms with E-state index in [-0.39, 0.29) is 11.9 Å². The van der Waals surface area contributed by atoms with E-state index in [1.807, 2.05) is 19.9 Å². The first-order valence-electron chi connectivity index (χ1n) is 8.60. The van der Waals surface area contributed by atoms with Crippen LogP contribution in [0.1, 0.15) is 41.5 Å². The van der Waals surface area contributed by atoms with Crippen LogP contribution in [-0.4, -0.2) is 45.6 Å². The number of hydrogen-bond donors (Lipinski definition) is 1. The predicted molar refractivity (Wildman–Crippen MR) is 102 cm³/mol. The summed E-state index contributed by atoms with van der Waals surface area (Å²) in [6.45, 7) is 8.64. The minimum atomic E-state index is 0.141. The highest BCUT2D eigenvalue weighted by atomic mass is 32.2. The minimum Gasteiger partial charge on any atom is -0.376 e. The summed E-state index contributed by atoms with van der Waals surface area (Å²) in [5, 5.41) is 12.4. The van der Waals surface area contributed by atoms with Gasteiger partial charge in [0.05, 0.1) is 11.9 Å². The third-order valence-corrected chi connectivity index (χ3v) is 6.44. The summed E-state index contributed by atoms with van der Waals surface area (Å²) >= 11 is 2.94. The van der Waals surface area contributed by atoms with Gasteiger partial charge in [0, 0.05) is 36.6 Å². The molecule has 2 aromatic rings. The van der Waals surface area contributed by atoms with Gasteiger partial charge in [0.15, 0.2) is 10.1 Å². The summed E-state index contributed by atoms with van der Waals surface area (Å²) in [5.74, 6) is 0.524. The van der Waals surface area contributed by atoms with Gasteiger partial charge < -0.3 is 14.6 Å². The number of carbonyl (C=O) groups is 1. The molecular formula is C17H24N4O2S2. The topological polar surface area (TPSA) is 69.0 Å². The number of Topliss-reactive ketones (excluding diaryl/α,β-unsaturated/α-hetero) is 1. The summed E-state index contributed by atoms with van der Waals surface area (Å²) in [5.41, 5.74) is 2.99. The van der Waals surface area contributed by atoms with E-state index >= 15 is 0 Å². The Morgan fingerprint density at radius 2 is 2.32 bits per heavy atom. The van der Waals surface area contributed by atoms with E-state index in [9.17, 15) is 4.79 Å². The highest BCUT2D eigenvalue weighted by Gasteiger charge is 2.18. The van der Waals surface area contributed by atoms with Crippen molar-refractivity contribution >= 4 is 34.0 Å².